The van der Waals surface area contributed by atoms with E-state index in [0.29, 0.717) is 12.2 Å². The minimum absolute atomic E-state index is 0.0389. The highest BCUT2D eigenvalue weighted by Crippen LogP contribution is 2.16. The van der Waals surface area contributed by atoms with Crippen molar-refractivity contribution in [3.05, 3.63) is 21.6 Å². The predicted octanol–water partition coefficient (Wildman–Crippen LogP) is 0.656. The average Bonchev–Trinajstić information content (AvgIpc) is 2.28. The minimum Gasteiger partial charge on any atom is -0.381 e. The van der Waals surface area contributed by atoms with Gasteiger partial charge in [0.15, 0.2) is 0 Å². The molecule has 9 heteroatoms. The third-order valence-corrected chi connectivity index (χ3v) is 3.76. The molecule has 0 atom stereocenters. The highest BCUT2D eigenvalue weighted by molar-refractivity contribution is 7.88. The number of nitrogens with one attached hydrogen (secondary N) is 2. The highest BCUT2D eigenvalue weighted by atomic mass is 35.5. The summed E-state index contributed by atoms with van der Waals surface area (Å²) in [6.45, 7) is 5.92. The molecule has 0 bridgehead atoms. The fraction of sp³-hybridized carbons (Fsp3) is 0.636. The largest absolute Gasteiger partial charge is 0.381 e. The van der Waals surface area contributed by atoms with Crippen LogP contribution in [0.2, 0.25) is 5.02 Å². The van der Waals surface area contributed by atoms with Gasteiger partial charge in [0.2, 0.25) is 10.0 Å². The van der Waals surface area contributed by atoms with Crippen LogP contribution in [0.4, 0.5) is 5.69 Å². The van der Waals surface area contributed by atoms with E-state index in [9.17, 15) is 13.2 Å². The molecule has 1 aromatic heterocycles. The standard InChI is InChI=1S/C11H19ClN4O3S/c1-5-16-10(17)9(12)8(6-14-16)13-7-11(2,3)15-20(4,18)19/h6,13,15H,5,7H2,1-4H3. The summed E-state index contributed by atoms with van der Waals surface area (Å²) in [4.78, 5) is 11.8. The molecule has 114 valence electrons. The molecule has 0 saturated heterocycles. The van der Waals surface area contributed by atoms with Crippen LogP contribution in [0.1, 0.15) is 20.8 Å². The second-order valence-electron chi connectivity index (χ2n) is 5.10. The third-order valence-electron chi connectivity index (χ3n) is 2.47. The van der Waals surface area contributed by atoms with E-state index in [0.717, 1.165) is 6.26 Å². The molecule has 7 nitrogen and oxygen atoms in total. The van der Waals surface area contributed by atoms with Gasteiger partial charge >= 0.3 is 0 Å². The molecular weight excluding hydrogens is 304 g/mol. The number of hydrogen-bond acceptors (Lipinski definition) is 5. The quantitative estimate of drug-likeness (QED) is 0.802. The SMILES string of the molecule is CCn1ncc(NCC(C)(C)NS(C)(=O)=O)c(Cl)c1=O. The molecule has 1 heterocycles. The summed E-state index contributed by atoms with van der Waals surface area (Å²) in [5.41, 5.74) is -0.728. The number of rotatable bonds is 6. The Balaban J connectivity index is 2.86. The molecule has 0 unspecified atom stereocenters. The highest BCUT2D eigenvalue weighted by Gasteiger charge is 2.22. The van der Waals surface area contributed by atoms with Crippen LogP contribution in [0.3, 0.4) is 0 Å². The van der Waals surface area contributed by atoms with Gasteiger partial charge in [0.25, 0.3) is 5.56 Å². The first-order chi connectivity index (χ1) is 9.06. The first kappa shape index (κ1) is 16.9. The van der Waals surface area contributed by atoms with Gasteiger partial charge in [-0.25, -0.2) is 17.8 Å². The van der Waals surface area contributed by atoms with Crippen molar-refractivity contribution in [2.24, 2.45) is 0 Å². The molecule has 0 spiro atoms. The van der Waals surface area contributed by atoms with Gasteiger partial charge in [-0.3, -0.25) is 4.79 Å². The molecule has 20 heavy (non-hydrogen) atoms. The molecular formula is C11H19ClN4O3S. The first-order valence-electron chi connectivity index (χ1n) is 6.04. The number of aromatic nitrogens is 2. The van der Waals surface area contributed by atoms with Gasteiger partial charge < -0.3 is 5.32 Å². The zero-order chi connectivity index (χ0) is 15.6. The van der Waals surface area contributed by atoms with Gasteiger partial charge in [0.1, 0.15) is 5.02 Å². The Morgan fingerprint density at radius 3 is 2.55 bits per heavy atom. The fourth-order valence-electron chi connectivity index (χ4n) is 1.67. The molecule has 2 N–H and O–H groups in total. The summed E-state index contributed by atoms with van der Waals surface area (Å²) in [6.07, 6.45) is 2.54. The number of hydrogen-bond donors (Lipinski definition) is 2. The second kappa shape index (κ2) is 6.11. The molecule has 0 aliphatic carbocycles. The Hall–Kier alpha value is -1.12. The third kappa shape index (κ3) is 4.77. The Labute approximate surface area is 123 Å². The smallest absolute Gasteiger partial charge is 0.287 e. The van der Waals surface area contributed by atoms with E-state index in [1.54, 1.807) is 20.8 Å². The number of anilines is 1. The summed E-state index contributed by atoms with van der Waals surface area (Å²) >= 11 is 5.96. The average molecular weight is 323 g/mol. The molecule has 0 aromatic carbocycles. The zero-order valence-corrected chi connectivity index (χ0v) is 13.5. The van der Waals surface area contributed by atoms with E-state index in [4.69, 9.17) is 11.6 Å². The van der Waals surface area contributed by atoms with Crippen molar-refractivity contribution in [1.82, 2.24) is 14.5 Å². The number of nitrogens with zero attached hydrogens (tertiary/aromatic N) is 2. The van der Waals surface area contributed by atoms with Crippen LogP contribution in [0.25, 0.3) is 0 Å². The van der Waals surface area contributed by atoms with Gasteiger partial charge in [0, 0.05) is 18.6 Å². The molecule has 1 aromatic rings. The van der Waals surface area contributed by atoms with Gasteiger partial charge in [-0.1, -0.05) is 11.6 Å². The van der Waals surface area contributed by atoms with E-state index in [1.165, 1.54) is 10.9 Å². The first-order valence-corrected chi connectivity index (χ1v) is 8.31. The van der Waals surface area contributed by atoms with Gasteiger partial charge in [0.05, 0.1) is 18.1 Å². The number of halogens is 1. The van der Waals surface area contributed by atoms with Crippen LogP contribution < -0.4 is 15.6 Å². The summed E-state index contributed by atoms with van der Waals surface area (Å²) in [6, 6.07) is 0. The summed E-state index contributed by atoms with van der Waals surface area (Å²) in [5.74, 6) is 0. The van der Waals surface area contributed by atoms with Crippen molar-refractivity contribution in [3.8, 4) is 0 Å². The lowest BCUT2D eigenvalue weighted by Crippen LogP contribution is -2.47. The van der Waals surface area contributed by atoms with Crippen LogP contribution in [0, 0.1) is 0 Å². The summed E-state index contributed by atoms with van der Waals surface area (Å²) in [5, 5.41) is 6.92. The second-order valence-corrected chi connectivity index (χ2v) is 7.23. The van der Waals surface area contributed by atoms with E-state index in [1.807, 2.05) is 0 Å². The molecule has 0 amide bonds. The van der Waals surface area contributed by atoms with Crippen molar-refractivity contribution in [2.75, 3.05) is 18.1 Å². The van der Waals surface area contributed by atoms with Crippen molar-refractivity contribution in [3.63, 3.8) is 0 Å². The molecule has 0 fully saturated rings. The van der Waals surface area contributed by atoms with Crippen molar-refractivity contribution in [2.45, 2.75) is 32.9 Å². The lowest BCUT2D eigenvalue weighted by molar-refractivity contribution is 0.476. The molecule has 0 aliphatic heterocycles. The van der Waals surface area contributed by atoms with Crippen molar-refractivity contribution < 1.29 is 8.42 Å². The zero-order valence-electron chi connectivity index (χ0n) is 11.9. The van der Waals surface area contributed by atoms with E-state index >= 15 is 0 Å². The Morgan fingerprint density at radius 1 is 1.45 bits per heavy atom. The Bertz CT molecular complexity index is 640. The minimum atomic E-state index is -3.32. The maximum absolute atomic E-state index is 11.8. The molecule has 0 aliphatic rings. The molecule has 1 rings (SSSR count). The maximum atomic E-state index is 11.8. The van der Waals surface area contributed by atoms with E-state index < -0.39 is 15.6 Å². The monoisotopic (exact) mass is 322 g/mol. The lowest BCUT2D eigenvalue weighted by Gasteiger charge is -2.26. The van der Waals surface area contributed by atoms with Crippen molar-refractivity contribution in [1.29, 1.82) is 0 Å². The topological polar surface area (TPSA) is 93.1 Å². The fourth-order valence-corrected chi connectivity index (χ4v) is 2.96. The lowest BCUT2D eigenvalue weighted by atomic mass is 10.1. The van der Waals surface area contributed by atoms with Crippen LogP contribution in [0.15, 0.2) is 11.0 Å². The van der Waals surface area contributed by atoms with Crippen LogP contribution >= 0.6 is 11.6 Å². The van der Waals surface area contributed by atoms with Gasteiger partial charge in [-0.2, -0.15) is 5.10 Å². The van der Waals surface area contributed by atoms with Crippen molar-refractivity contribution >= 4 is 27.3 Å². The van der Waals surface area contributed by atoms with Crippen LogP contribution in [0.5, 0.6) is 0 Å². The van der Waals surface area contributed by atoms with E-state index in [2.05, 4.69) is 15.1 Å². The summed E-state index contributed by atoms with van der Waals surface area (Å²) in [7, 11) is -3.32. The number of sulfonamides is 1. The summed E-state index contributed by atoms with van der Waals surface area (Å²) < 4.78 is 26.2. The number of aryl methyl sites for hydroxylation is 1. The van der Waals surface area contributed by atoms with Gasteiger partial charge in [-0.15, -0.1) is 0 Å². The Morgan fingerprint density at radius 2 is 2.05 bits per heavy atom. The molecule has 0 radical (unpaired) electrons. The molecule has 0 saturated carbocycles. The normalized spacial score (nSPS) is 12.4. The van der Waals surface area contributed by atoms with Crippen LogP contribution in [-0.4, -0.2) is 36.5 Å². The van der Waals surface area contributed by atoms with Crippen LogP contribution in [-0.2, 0) is 16.6 Å². The van der Waals surface area contributed by atoms with E-state index in [-0.39, 0.29) is 17.1 Å². The maximum Gasteiger partial charge on any atom is 0.287 e. The van der Waals surface area contributed by atoms with Gasteiger partial charge in [-0.05, 0) is 20.8 Å². The Kier molecular flexibility index (Phi) is 5.17. The predicted molar refractivity (Wildman–Crippen MR) is 79.7 cm³/mol.